The van der Waals surface area contributed by atoms with Crippen LogP contribution < -0.4 is 10.6 Å². The lowest BCUT2D eigenvalue weighted by Gasteiger charge is -2.25. The SMILES string of the molecule is CCN(CCNC(C)CC(=O)NC)C(C)C. The highest BCUT2D eigenvalue weighted by atomic mass is 16.1. The first-order valence-corrected chi connectivity index (χ1v) is 6.19. The van der Waals surface area contributed by atoms with Gasteiger partial charge in [0.05, 0.1) is 0 Å². The number of likely N-dealkylation sites (N-methyl/N-ethyl adjacent to an activating group) is 1. The Balaban J connectivity index is 3.67. The molecule has 0 aromatic heterocycles. The molecule has 0 spiro atoms. The van der Waals surface area contributed by atoms with Crippen LogP contribution in [0.25, 0.3) is 0 Å². The van der Waals surface area contributed by atoms with Crippen molar-refractivity contribution in [1.29, 1.82) is 0 Å². The van der Waals surface area contributed by atoms with Gasteiger partial charge in [0, 0.05) is 38.6 Å². The van der Waals surface area contributed by atoms with Gasteiger partial charge in [-0.15, -0.1) is 0 Å². The lowest BCUT2D eigenvalue weighted by molar-refractivity contribution is -0.121. The van der Waals surface area contributed by atoms with Crippen LogP contribution in [0.1, 0.15) is 34.1 Å². The van der Waals surface area contributed by atoms with Crippen LogP contribution in [-0.4, -0.2) is 49.6 Å². The normalized spacial score (nSPS) is 13.2. The summed E-state index contributed by atoms with van der Waals surface area (Å²) in [6.07, 6.45) is 0.546. The second-order valence-corrected chi connectivity index (χ2v) is 4.45. The lowest BCUT2D eigenvalue weighted by atomic mass is 10.2. The molecule has 0 aliphatic heterocycles. The predicted octanol–water partition coefficient (Wildman–Crippen LogP) is 0.831. The van der Waals surface area contributed by atoms with Crippen molar-refractivity contribution in [2.24, 2.45) is 0 Å². The van der Waals surface area contributed by atoms with E-state index in [0.717, 1.165) is 19.6 Å². The molecule has 1 unspecified atom stereocenters. The van der Waals surface area contributed by atoms with Gasteiger partial charge in [-0.1, -0.05) is 6.92 Å². The summed E-state index contributed by atoms with van der Waals surface area (Å²) in [5.41, 5.74) is 0. The maximum atomic E-state index is 11.1. The second-order valence-electron chi connectivity index (χ2n) is 4.45. The zero-order valence-corrected chi connectivity index (χ0v) is 11.3. The van der Waals surface area contributed by atoms with Gasteiger partial charge in [-0.25, -0.2) is 0 Å². The maximum absolute atomic E-state index is 11.1. The summed E-state index contributed by atoms with van der Waals surface area (Å²) in [4.78, 5) is 13.5. The van der Waals surface area contributed by atoms with E-state index in [1.54, 1.807) is 7.05 Å². The monoisotopic (exact) mass is 229 g/mol. The molecule has 4 heteroatoms. The third-order valence-electron chi connectivity index (χ3n) is 2.80. The molecule has 0 aromatic rings. The Hall–Kier alpha value is -0.610. The molecule has 0 saturated carbocycles. The van der Waals surface area contributed by atoms with Crippen LogP contribution in [-0.2, 0) is 4.79 Å². The van der Waals surface area contributed by atoms with Crippen LogP contribution in [0.5, 0.6) is 0 Å². The van der Waals surface area contributed by atoms with Crippen molar-refractivity contribution in [2.45, 2.75) is 46.2 Å². The Labute approximate surface area is 99.8 Å². The smallest absolute Gasteiger partial charge is 0.221 e. The average molecular weight is 229 g/mol. The van der Waals surface area contributed by atoms with Crippen LogP contribution in [0.3, 0.4) is 0 Å². The van der Waals surface area contributed by atoms with Crippen LogP contribution in [0, 0.1) is 0 Å². The minimum Gasteiger partial charge on any atom is -0.359 e. The topological polar surface area (TPSA) is 44.4 Å². The van der Waals surface area contributed by atoms with Gasteiger partial charge in [-0.2, -0.15) is 0 Å². The van der Waals surface area contributed by atoms with E-state index in [1.807, 2.05) is 6.92 Å². The van der Waals surface area contributed by atoms with Gasteiger partial charge in [0.1, 0.15) is 0 Å². The first-order valence-electron chi connectivity index (χ1n) is 6.19. The van der Waals surface area contributed by atoms with Crippen molar-refractivity contribution in [3.63, 3.8) is 0 Å². The number of hydrogen-bond acceptors (Lipinski definition) is 3. The largest absolute Gasteiger partial charge is 0.359 e. The van der Waals surface area contributed by atoms with Gasteiger partial charge in [0.2, 0.25) is 5.91 Å². The number of carbonyl (C=O) groups excluding carboxylic acids is 1. The van der Waals surface area contributed by atoms with E-state index in [0.29, 0.717) is 12.5 Å². The molecule has 0 aromatic carbocycles. The van der Waals surface area contributed by atoms with Gasteiger partial charge in [-0.05, 0) is 27.3 Å². The van der Waals surface area contributed by atoms with E-state index >= 15 is 0 Å². The summed E-state index contributed by atoms with van der Waals surface area (Å²) in [5.74, 6) is 0.0937. The molecular weight excluding hydrogens is 202 g/mol. The number of hydrogen-bond donors (Lipinski definition) is 2. The average Bonchev–Trinajstić information content (AvgIpc) is 2.23. The summed E-state index contributed by atoms with van der Waals surface area (Å²) in [5, 5.41) is 6.00. The fourth-order valence-corrected chi connectivity index (χ4v) is 1.69. The Morgan fingerprint density at radius 3 is 2.38 bits per heavy atom. The minimum atomic E-state index is 0.0937. The highest BCUT2D eigenvalue weighted by Gasteiger charge is 2.09. The van der Waals surface area contributed by atoms with E-state index in [4.69, 9.17) is 0 Å². The van der Waals surface area contributed by atoms with Crippen molar-refractivity contribution in [3.8, 4) is 0 Å². The Morgan fingerprint density at radius 1 is 1.31 bits per heavy atom. The van der Waals surface area contributed by atoms with E-state index in [1.165, 1.54) is 0 Å². The van der Waals surface area contributed by atoms with E-state index < -0.39 is 0 Å². The molecule has 2 N–H and O–H groups in total. The molecule has 0 radical (unpaired) electrons. The molecule has 0 bridgehead atoms. The van der Waals surface area contributed by atoms with Gasteiger partial charge in [-0.3, -0.25) is 9.69 Å². The molecule has 1 atom stereocenters. The summed E-state index contributed by atoms with van der Waals surface area (Å²) < 4.78 is 0. The summed E-state index contributed by atoms with van der Waals surface area (Å²) >= 11 is 0. The van der Waals surface area contributed by atoms with Crippen molar-refractivity contribution in [1.82, 2.24) is 15.5 Å². The quantitative estimate of drug-likeness (QED) is 0.648. The fraction of sp³-hybridized carbons (Fsp3) is 0.917. The highest BCUT2D eigenvalue weighted by Crippen LogP contribution is 1.96. The van der Waals surface area contributed by atoms with E-state index in [-0.39, 0.29) is 11.9 Å². The van der Waals surface area contributed by atoms with E-state index in [9.17, 15) is 4.79 Å². The van der Waals surface area contributed by atoms with Gasteiger partial charge >= 0.3 is 0 Å². The molecular formula is C12H27N3O. The number of nitrogens with one attached hydrogen (secondary N) is 2. The molecule has 0 aliphatic rings. The fourth-order valence-electron chi connectivity index (χ4n) is 1.69. The predicted molar refractivity (Wildman–Crippen MR) is 68.5 cm³/mol. The van der Waals surface area contributed by atoms with Crippen LogP contribution in [0.2, 0.25) is 0 Å². The second kappa shape index (κ2) is 8.53. The molecule has 16 heavy (non-hydrogen) atoms. The standard InChI is InChI=1S/C12H27N3O/c1-6-15(10(2)3)8-7-14-11(4)9-12(16)13-5/h10-11,14H,6-9H2,1-5H3,(H,13,16). The van der Waals surface area contributed by atoms with Crippen LogP contribution >= 0.6 is 0 Å². The Kier molecular flexibility index (Phi) is 8.21. The molecule has 0 fully saturated rings. The molecule has 0 rings (SSSR count). The van der Waals surface area contributed by atoms with Crippen molar-refractivity contribution in [3.05, 3.63) is 0 Å². The lowest BCUT2D eigenvalue weighted by Crippen LogP contribution is -2.40. The first-order chi connectivity index (χ1) is 7.51. The molecule has 96 valence electrons. The number of nitrogens with zero attached hydrogens (tertiary/aromatic N) is 1. The van der Waals surface area contributed by atoms with Gasteiger partial charge in [0.25, 0.3) is 0 Å². The zero-order valence-electron chi connectivity index (χ0n) is 11.3. The third-order valence-corrected chi connectivity index (χ3v) is 2.80. The zero-order chi connectivity index (χ0) is 12.6. The number of rotatable bonds is 8. The summed E-state index contributed by atoms with van der Waals surface area (Å²) in [6.45, 7) is 11.7. The Morgan fingerprint density at radius 2 is 1.94 bits per heavy atom. The Bertz CT molecular complexity index is 195. The first kappa shape index (κ1) is 15.4. The van der Waals surface area contributed by atoms with Crippen molar-refractivity contribution >= 4 is 5.91 Å². The molecule has 0 aliphatic carbocycles. The summed E-state index contributed by atoms with van der Waals surface area (Å²) in [7, 11) is 1.67. The number of carbonyl (C=O) groups is 1. The highest BCUT2D eigenvalue weighted by molar-refractivity contribution is 5.76. The van der Waals surface area contributed by atoms with Crippen LogP contribution in [0.15, 0.2) is 0 Å². The van der Waals surface area contributed by atoms with Gasteiger partial charge < -0.3 is 10.6 Å². The van der Waals surface area contributed by atoms with Gasteiger partial charge in [0.15, 0.2) is 0 Å². The minimum absolute atomic E-state index is 0.0937. The molecule has 1 amide bonds. The molecule has 0 saturated heterocycles. The van der Waals surface area contributed by atoms with E-state index in [2.05, 4.69) is 36.3 Å². The molecule has 4 nitrogen and oxygen atoms in total. The van der Waals surface area contributed by atoms with Crippen LogP contribution in [0.4, 0.5) is 0 Å². The maximum Gasteiger partial charge on any atom is 0.221 e. The van der Waals surface area contributed by atoms with Crippen molar-refractivity contribution < 1.29 is 4.79 Å². The summed E-state index contributed by atoms with van der Waals surface area (Å²) in [6, 6.07) is 0.826. The van der Waals surface area contributed by atoms with Crippen molar-refractivity contribution in [2.75, 3.05) is 26.7 Å². The third kappa shape index (κ3) is 6.80. The number of amides is 1. The molecule has 0 heterocycles.